The van der Waals surface area contributed by atoms with Crippen LogP contribution in [0, 0.1) is 6.92 Å². The molecule has 0 radical (unpaired) electrons. The molecule has 0 bridgehead atoms. The number of sulfonamides is 1. The van der Waals surface area contributed by atoms with Crippen LogP contribution in [0.2, 0.25) is 0 Å². The molecule has 1 fully saturated rings. The van der Waals surface area contributed by atoms with E-state index in [1.807, 2.05) is 19.1 Å². The number of rotatable bonds is 4. The Morgan fingerprint density at radius 2 is 1.77 bits per heavy atom. The molecule has 0 saturated carbocycles. The third-order valence-electron chi connectivity index (χ3n) is 5.16. The van der Waals surface area contributed by atoms with Gasteiger partial charge in [-0.05, 0) is 49.6 Å². The minimum Gasteiger partial charge on any atom is -0.371 e. The molecular formula is C20H22F3N3O3S. The summed E-state index contributed by atoms with van der Waals surface area (Å²) in [5.74, 6) is -0.208. The fraction of sp³-hybridized carbons (Fsp3) is 0.350. The Morgan fingerprint density at radius 3 is 2.33 bits per heavy atom. The number of nitrogens with zero attached hydrogens (tertiary/aromatic N) is 1. The second-order valence-corrected chi connectivity index (χ2v) is 8.83. The van der Waals surface area contributed by atoms with Crippen LogP contribution in [0.15, 0.2) is 47.4 Å². The molecule has 3 N–H and O–H groups in total. The zero-order valence-corrected chi connectivity index (χ0v) is 17.1. The maximum atomic E-state index is 13.5. The van der Waals surface area contributed by atoms with Gasteiger partial charge in [0.2, 0.25) is 10.0 Å². The van der Waals surface area contributed by atoms with Crippen LogP contribution in [0.25, 0.3) is 0 Å². The first-order valence-electron chi connectivity index (χ1n) is 9.32. The summed E-state index contributed by atoms with van der Waals surface area (Å²) in [7, 11) is -4.25. The largest absolute Gasteiger partial charge is 0.418 e. The minimum absolute atomic E-state index is 0.0985. The van der Waals surface area contributed by atoms with Gasteiger partial charge in [-0.25, -0.2) is 13.6 Å². The van der Waals surface area contributed by atoms with Gasteiger partial charge in [0.25, 0.3) is 5.91 Å². The van der Waals surface area contributed by atoms with Crippen LogP contribution in [-0.4, -0.2) is 33.5 Å². The van der Waals surface area contributed by atoms with E-state index in [9.17, 15) is 26.4 Å². The fourth-order valence-electron chi connectivity index (χ4n) is 3.55. The van der Waals surface area contributed by atoms with Crippen molar-refractivity contribution in [1.82, 2.24) is 5.32 Å². The zero-order chi connectivity index (χ0) is 22.1. The van der Waals surface area contributed by atoms with Crippen LogP contribution in [0.3, 0.4) is 0 Å². The van der Waals surface area contributed by atoms with E-state index in [-0.39, 0.29) is 30.7 Å². The first-order chi connectivity index (χ1) is 14.0. The minimum atomic E-state index is -4.73. The van der Waals surface area contributed by atoms with E-state index >= 15 is 0 Å². The molecule has 1 aliphatic rings. The van der Waals surface area contributed by atoms with Crippen LogP contribution in [0.1, 0.15) is 34.3 Å². The van der Waals surface area contributed by atoms with Crippen molar-refractivity contribution in [3.8, 4) is 0 Å². The summed E-state index contributed by atoms with van der Waals surface area (Å²) >= 11 is 0. The summed E-state index contributed by atoms with van der Waals surface area (Å²) in [6.45, 7) is 2.41. The molecule has 0 unspecified atom stereocenters. The Labute approximate surface area is 172 Å². The van der Waals surface area contributed by atoms with Crippen molar-refractivity contribution in [3.05, 3.63) is 59.2 Å². The van der Waals surface area contributed by atoms with E-state index in [1.54, 1.807) is 17.0 Å². The second kappa shape index (κ2) is 8.27. The van der Waals surface area contributed by atoms with Crippen molar-refractivity contribution in [2.75, 3.05) is 18.0 Å². The highest BCUT2D eigenvalue weighted by atomic mass is 32.2. The predicted molar refractivity (Wildman–Crippen MR) is 107 cm³/mol. The number of hydrogen-bond donors (Lipinski definition) is 2. The van der Waals surface area contributed by atoms with Crippen LogP contribution < -0.4 is 15.4 Å². The number of benzene rings is 2. The molecule has 0 aromatic heterocycles. The van der Waals surface area contributed by atoms with Gasteiger partial charge in [-0.3, -0.25) is 4.79 Å². The molecule has 1 heterocycles. The van der Waals surface area contributed by atoms with Crippen molar-refractivity contribution in [3.63, 3.8) is 0 Å². The topological polar surface area (TPSA) is 92.5 Å². The predicted octanol–water partition coefficient (Wildman–Crippen LogP) is 3.06. The Bertz CT molecular complexity index is 1050. The number of primary sulfonamides is 1. The number of anilines is 1. The van der Waals surface area contributed by atoms with E-state index in [2.05, 4.69) is 5.32 Å². The number of nitrogens with two attached hydrogens (primary N) is 1. The van der Waals surface area contributed by atoms with Gasteiger partial charge in [0.15, 0.2) is 0 Å². The monoisotopic (exact) mass is 441 g/mol. The first kappa shape index (κ1) is 22.1. The number of piperidine rings is 1. The molecule has 1 aliphatic heterocycles. The molecular weight excluding hydrogens is 419 g/mol. The molecule has 10 heteroatoms. The highest BCUT2D eigenvalue weighted by Crippen LogP contribution is 2.38. The summed E-state index contributed by atoms with van der Waals surface area (Å²) in [5.41, 5.74) is 0.269. The standard InChI is InChI=1S/C20H22F3N3O3S/c1-13-4-2-3-5-16(13)19(27)25-14-8-10-26(11-9-14)18-7-6-15(30(24,28)29)12-17(18)20(21,22)23/h2-7,12,14H,8-11H2,1H3,(H,25,27)(H2,24,28,29). The van der Waals surface area contributed by atoms with E-state index in [0.29, 0.717) is 24.5 Å². The third-order valence-corrected chi connectivity index (χ3v) is 6.07. The summed E-state index contributed by atoms with van der Waals surface area (Å²) in [6, 6.07) is 9.78. The van der Waals surface area contributed by atoms with Crippen LogP contribution >= 0.6 is 0 Å². The molecule has 2 aromatic carbocycles. The quantitative estimate of drug-likeness (QED) is 0.763. The number of nitrogens with one attached hydrogen (secondary N) is 1. The Balaban J connectivity index is 1.73. The van der Waals surface area contributed by atoms with Gasteiger partial charge in [-0.1, -0.05) is 18.2 Å². The highest BCUT2D eigenvalue weighted by Gasteiger charge is 2.37. The summed E-state index contributed by atoms with van der Waals surface area (Å²) in [5, 5.41) is 7.91. The van der Waals surface area contributed by atoms with Crippen molar-refractivity contribution in [1.29, 1.82) is 0 Å². The maximum Gasteiger partial charge on any atom is 0.418 e. The zero-order valence-electron chi connectivity index (χ0n) is 16.2. The average molecular weight is 441 g/mol. The molecule has 0 atom stereocenters. The smallest absolute Gasteiger partial charge is 0.371 e. The molecule has 30 heavy (non-hydrogen) atoms. The fourth-order valence-corrected chi connectivity index (χ4v) is 4.09. The number of carbonyl (C=O) groups is 1. The number of halogens is 3. The molecule has 1 saturated heterocycles. The third kappa shape index (κ3) is 4.93. The van der Waals surface area contributed by atoms with Crippen molar-refractivity contribution in [2.45, 2.75) is 36.9 Å². The lowest BCUT2D eigenvalue weighted by molar-refractivity contribution is -0.137. The number of aryl methyl sites for hydroxylation is 1. The van der Waals surface area contributed by atoms with Gasteiger partial charge in [0.1, 0.15) is 0 Å². The molecule has 1 amide bonds. The summed E-state index contributed by atoms with van der Waals surface area (Å²) < 4.78 is 63.5. The van der Waals surface area contributed by atoms with Gasteiger partial charge >= 0.3 is 6.18 Å². The number of amides is 1. The highest BCUT2D eigenvalue weighted by molar-refractivity contribution is 7.89. The van der Waals surface area contributed by atoms with Gasteiger partial charge in [0.05, 0.1) is 10.5 Å². The maximum absolute atomic E-state index is 13.5. The molecule has 162 valence electrons. The first-order valence-corrected chi connectivity index (χ1v) is 10.9. The summed E-state index contributed by atoms with van der Waals surface area (Å²) in [6.07, 6.45) is -3.80. The molecule has 2 aromatic rings. The van der Waals surface area contributed by atoms with E-state index < -0.39 is 26.7 Å². The lowest BCUT2D eigenvalue weighted by Gasteiger charge is -2.35. The average Bonchev–Trinajstić information content (AvgIpc) is 2.67. The van der Waals surface area contributed by atoms with E-state index in [4.69, 9.17) is 5.14 Å². The Kier molecular flexibility index (Phi) is 6.09. The van der Waals surface area contributed by atoms with Crippen LogP contribution in [0.4, 0.5) is 18.9 Å². The summed E-state index contributed by atoms with van der Waals surface area (Å²) in [4.78, 5) is 13.4. The van der Waals surface area contributed by atoms with Crippen LogP contribution in [0.5, 0.6) is 0 Å². The van der Waals surface area contributed by atoms with Gasteiger partial charge < -0.3 is 10.2 Å². The SMILES string of the molecule is Cc1ccccc1C(=O)NC1CCN(c2ccc(S(N)(=O)=O)cc2C(F)(F)F)CC1. The van der Waals surface area contributed by atoms with E-state index in [1.165, 1.54) is 0 Å². The number of hydrogen-bond acceptors (Lipinski definition) is 4. The lowest BCUT2D eigenvalue weighted by atomic mass is 10.0. The molecule has 3 rings (SSSR count). The Morgan fingerprint density at radius 1 is 1.13 bits per heavy atom. The lowest BCUT2D eigenvalue weighted by Crippen LogP contribution is -2.45. The van der Waals surface area contributed by atoms with Crippen molar-refractivity contribution in [2.24, 2.45) is 5.14 Å². The second-order valence-electron chi connectivity index (χ2n) is 7.27. The van der Waals surface area contributed by atoms with Crippen molar-refractivity contribution < 1.29 is 26.4 Å². The normalized spacial score (nSPS) is 15.8. The number of carbonyl (C=O) groups excluding carboxylic acids is 1. The Hall–Kier alpha value is -2.59. The van der Waals surface area contributed by atoms with Gasteiger partial charge in [-0.15, -0.1) is 0 Å². The van der Waals surface area contributed by atoms with Gasteiger partial charge in [-0.2, -0.15) is 13.2 Å². The van der Waals surface area contributed by atoms with Crippen molar-refractivity contribution >= 4 is 21.6 Å². The van der Waals surface area contributed by atoms with E-state index in [0.717, 1.165) is 17.7 Å². The van der Waals surface area contributed by atoms with Crippen LogP contribution in [-0.2, 0) is 16.2 Å². The molecule has 0 aliphatic carbocycles. The number of alkyl halides is 3. The molecule has 0 spiro atoms. The molecule has 6 nitrogen and oxygen atoms in total. The van der Waals surface area contributed by atoms with Gasteiger partial charge in [0, 0.05) is 30.4 Å².